The minimum atomic E-state index is -0.598. The highest BCUT2D eigenvalue weighted by Crippen LogP contribution is 2.51. The molecule has 0 atom stereocenters. The maximum atomic E-state index is 13.0. The van der Waals surface area contributed by atoms with Crippen molar-refractivity contribution in [1.82, 2.24) is 4.98 Å². The van der Waals surface area contributed by atoms with Crippen LogP contribution in [-0.4, -0.2) is 23.5 Å². The molecule has 1 aromatic heterocycles. The fourth-order valence-corrected chi connectivity index (χ4v) is 4.38. The van der Waals surface area contributed by atoms with Crippen molar-refractivity contribution in [2.24, 2.45) is 0 Å². The summed E-state index contributed by atoms with van der Waals surface area (Å²) >= 11 is 7.25. The van der Waals surface area contributed by atoms with Gasteiger partial charge in [-0.15, -0.1) is 0 Å². The topological polar surface area (TPSA) is 77.5 Å². The van der Waals surface area contributed by atoms with Crippen molar-refractivity contribution in [2.75, 3.05) is 12.1 Å². The Kier molecular flexibility index (Phi) is 4.29. The minimum absolute atomic E-state index is 0.137. The number of nitrogens with zero attached hydrogens (tertiary/aromatic N) is 1. The summed E-state index contributed by atoms with van der Waals surface area (Å²) < 4.78 is 10.8. The largest absolute Gasteiger partial charge is 0.454 e. The lowest BCUT2D eigenvalue weighted by Crippen LogP contribution is -2.27. The van der Waals surface area contributed by atoms with E-state index in [1.54, 1.807) is 24.3 Å². The van der Waals surface area contributed by atoms with Crippen LogP contribution in [0.4, 0.5) is 5.13 Å². The first-order valence-corrected chi connectivity index (χ1v) is 10.2. The summed E-state index contributed by atoms with van der Waals surface area (Å²) in [5.74, 6) is 0.990. The molecule has 0 bridgehead atoms. The first-order valence-electron chi connectivity index (χ1n) is 9.03. The Hall–Kier alpha value is -2.90. The van der Waals surface area contributed by atoms with Crippen LogP contribution in [0.3, 0.4) is 0 Å². The van der Waals surface area contributed by atoms with Crippen molar-refractivity contribution in [3.63, 3.8) is 0 Å². The summed E-state index contributed by atoms with van der Waals surface area (Å²) in [6.45, 7) is 0.194. The Morgan fingerprint density at radius 1 is 1.10 bits per heavy atom. The number of ether oxygens (including phenoxy) is 2. The molecule has 5 rings (SSSR count). The fraction of sp³-hybridized carbons (Fsp3) is 0.190. The van der Waals surface area contributed by atoms with E-state index in [4.69, 9.17) is 21.1 Å². The van der Waals surface area contributed by atoms with Crippen LogP contribution in [0.2, 0.25) is 5.02 Å². The van der Waals surface area contributed by atoms with Crippen molar-refractivity contribution in [3.8, 4) is 11.5 Å². The predicted molar refractivity (Wildman–Crippen MR) is 109 cm³/mol. The number of thiazole rings is 1. The number of rotatable bonds is 5. The molecule has 1 N–H and O–H groups in total. The van der Waals surface area contributed by atoms with Crippen LogP contribution in [0.5, 0.6) is 11.5 Å². The smallest absolute Gasteiger partial charge is 0.236 e. The number of hydrogen-bond acceptors (Lipinski definition) is 6. The summed E-state index contributed by atoms with van der Waals surface area (Å²) in [5, 5.41) is 3.64. The van der Waals surface area contributed by atoms with Gasteiger partial charge in [-0.05, 0) is 42.7 Å². The van der Waals surface area contributed by atoms with E-state index in [9.17, 15) is 9.59 Å². The Morgan fingerprint density at radius 3 is 2.69 bits per heavy atom. The molecule has 1 fully saturated rings. The van der Waals surface area contributed by atoms with Gasteiger partial charge in [-0.3, -0.25) is 9.59 Å². The molecule has 2 heterocycles. The maximum Gasteiger partial charge on any atom is 0.236 e. The van der Waals surface area contributed by atoms with Crippen molar-refractivity contribution < 1.29 is 19.1 Å². The molecule has 2 aliphatic rings. The number of carbonyl (C=O) groups excluding carboxylic acids is 2. The van der Waals surface area contributed by atoms with Gasteiger partial charge >= 0.3 is 0 Å². The molecule has 1 aliphatic heterocycles. The molecule has 8 heteroatoms. The van der Waals surface area contributed by atoms with Crippen LogP contribution in [0, 0.1) is 0 Å². The second-order valence-electron chi connectivity index (χ2n) is 6.94. The molecule has 3 aromatic rings. The van der Waals surface area contributed by atoms with Gasteiger partial charge in [0.15, 0.2) is 16.6 Å². The molecule has 0 saturated heterocycles. The van der Waals surface area contributed by atoms with E-state index in [1.165, 1.54) is 6.20 Å². The molecule has 1 aliphatic carbocycles. The third-order valence-electron chi connectivity index (χ3n) is 5.18. The fourth-order valence-electron chi connectivity index (χ4n) is 3.40. The van der Waals surface area contributed by atoms with Gasteiger partial charge in [0.05, 0.1) is 21.5 Å². The molecule has 146 valence electrons. The molecule has 29 heavy (non-hydrogen) atoms. The zero-order valence-electron chi connectivity index (χ0n) is 15.1. The molecule has 1 saturated carbocycles. The Bertz CT molecular complexity index is 1140. The molecule has 1 amide bonds. The summed E-state index contributed by atoms with van der Waals surface area (Å²) in [5.41, 5.74) is 0.706. The van der Waals surface area contributed by atoms with Crippen LogP contribution < -0.4 is 14.8 Å². The molecular weight excluding hydrogens is 412 g/mol. The molecule has 0 spiro atoms. The maximum absolute atomic E-state index is 13.0. The van der Waals surface area contributed by atoms with E-state index >= 15 is 0 Å². The highest BCUT2D eigenvalue weighted by Gasteiger charge is 2.52. The number of anilines is 1. The minimum Gasteiger partial charge on any atom is -0.454 e. The summed E-state index contributed by atoms with van der Waals surface area (Å²) in [6.07, 6.45) is 2.95. The van der Waals surface area contributed by atoms with Gasteiger partial charge in [-0.2, -0.15) is 0 Å². The van der Waals surface area contributed by atoms with Crippen molar-refractivity contribution in [1.29, 1.82) is 0 Å². The number of benzene rings is 2. The molecule has 0 unspecified atom stereocenters. The monoisotopic (exact) mass is 426 g/mol. The number of aromatic nitrogens is 1. The van der Waals surface area contributed by atoms with E-state index in [1.807, 2.05) is 18.2 Å². The zero-order valence-corrected chi connectivity index (χ0v) is 16.7. The average Bonchev–Trinajstić information content (AvgIpc) is 3.18. The lowest BCUT2D eigenvalue weighted by Gasteiger charge is -2.15. The number of fused-ring (bicyclic) bond motifs is 1. The Balaban J connectivity index is 1.34. The van der Waals surface area contributed by atoms with Gasteiger partial charge in [-0.1, -0.05) is 41.1 Å². The van der Waals surface area contributed by atoms with Crippen LogP contribution >= 0.6 is 22.9 Å². The van der Waals surface area contributed by atoms with Gasteiger partial charge in [0.25, 0.3) is 0 Å². The van der Waals surface area contributed by atoms with Crippen LogP contribution in [-0.2, 0) is 10.2 Å². The van der Waals surface area contributed by atoms with Gasteiger partial charge in [0.1, 0.15) is 0 Å². The molecular formula is C21H15ClN2O4S. The van der Waals surface area contributed by atoms with Gasteiger partial charge in [-0.25, -0.2) is 4.98 Å². The van der Waals surface area contributed by atoms with Crippen molar-refractivity contribution >= 4 is 39.8 Å². The predicted octanol–water partition coefficient (Wildman–Crippen LogP) is 4.43. The first kappa shape index (κ1) is 18.1. The van der Waals surface area contributed by atoms with Gasteiger partial charge in [0.2, 0.25) is 18.5 Å². The number of ketones is 1. The number of nitrogens with one attached hydrogen (secondary N) is 1. The highest BCUT2D eigenvalue weighted by atomic mass is 35.5. The van der Waals surface area contributed by atoms with Crippen LogP contribution in [0.25, 0.3) is 0 Å². The van der Waals surface area contributed by atoms with E-state index in [0.717, 1.165) is 29.7 Å². The molecule has 2 aromatic carbocycles. The van der Waals surface area contributed by atoms with E-state index in [0.29, 0.717) is 32.1 Å². The second-order valence-corrected chi connectivity index (χ2v) is 8.38. The second kappa shape index (κ2) is 6.86. The van der Waals surface area contributed by atoms with E-state index in [-0.39, 0.29) is 18.5 Å². The first-order chi connectivity index (χ1) is 14.1. The van der Waals surface area contributed by atoms with Gasteiger partial charge in [0, 0.05) is 5.56 Å². The SMILES string of the molecule is O=C(c1cnc(NC(=O)C2(c3ccc4c(c3)OCO4)CC2)s1)c1ccccc1Cl. The Labute approximate surface area is 175 Å². The number of carbonyl (C=O) groups is 2. The summed E-state index contributed by atoms with van der Waals surface area (Å²) in [4.78, 5) is 30.3. The quantitative estimate of drug-likeness (QED) is 0.611. The van der Waals surface area contributed by atoms with Crippen LogP contribution in [0.15, 0.2) is 48.7 Å². The van der Waals surface area contributed by atoms with Crippen molar-refractivity contribution in [3.05, 3.63) is 69.7 Å². The highest BCUT2D eigenvalue weighted by molar-refractivity contribution is 7.17. The van der Waals surface area contributed by atoms with E-state index < -0.39 is 5.41 Å². The van der Waals surface area contributed by atoms with E-state index in [2.05, 4.69) is 10.3 Å². The van der Waals surface area contributed by atoms with Crippen LogP contribution in [0.1, 0.15) is 33.6 Å². The van der Waals surface area contributed by atoms with Gasteiger partial charge < -0.3 is 14.8 Å². The Morgan fingerprint density at radius 2 is 1.90 bits per heavy atom. The zero-order chi connectivity index (χ0) is 20.0. The summed E-state index contributed by atoms with van der Waals surface area (Å²) in [7, 11) is 0. The number of halogens is 1. The molecule has 0 radical (unpaired) electrons. The molecule has 6 nitrogen and oxygen atoms in total. The lowest BCUT2D eigenvalue weighted by atomic mass is 9.94. The third-order valence-corrected chi connectivity index (χ3v) is 6.42. The standard InChI is InChI=1S/C21H15ClN2O4S/c22-14-4-2-1-3-13(14)18(25)17-10-23-20(29-17)24-19(26)21(7-8-21)12-5-6-15-16(9-12)28-11-27-15/h1-6,9-10H,7-8,11H2,(H,23,24,26). The number of hydrogen-bond donors (Lipinski definition) is 1. The number of amides is 1. The summed E-state index contributed by atoms with van der Waals surface area (Å²) in [6, 6.07) is 12.4. The normalized spacial score (nSPS) is 15.8. The third kappa shape index (κ3) is 3.16. The van der Waals surface area contributed by atoms with Crippen molar-refractivity contribution in [2.45, 2.75) is 18.3 Å². The average molecular weight is 427 g/mol. The lowest BCUT2D eigenvalue weighted by molar-refractivity contribution is -0.118.